The minimum Gasteiger partial charge on any atom is -0.481 e. The van der Waals surface area contributed by atoms with Gasteiger partial charge in [0.2, 0.25) is 0 Å². The normalized spacial score (nSPS) is 12.5. The number of benzene rings is 3. The zero-order valence-electron chi connectivity index (χ0n) is 36.1. The Hall–Kier alpha value is -8.97. The van der Waals surface area contributed by atoms with Crippen LogP contribution in [0.25, 0.3) is 5.69 Å². The predicted molar refractivity (Wildman–Crippen MR) is 235 cm³/mol. The van der Waals surface area contributed by atoms with Crippen molar-refractivity contribution in [3.8, 4) is 5.69 Å². The van der Waals surface area contributed by atoms with Crippen LogP contribution in [-0.2, 0) is 48.0 Å². The topological polar surface area (TPSA) is 395 Å². The van der Waals surface area contributed by atoms with Crippen molar-refractivity contribution in [2.75, 3.05) is 17.3 Å². The Bertz CT molecular complexity index is 2410. The summed E-state index contributed by atoms with van der Waals surface area (Å²) in [6.07, 6.45) is -0.689. The standard InChI is InChI=1S/C43H46FN9O16/c44-15-1-2-28-21-53(52-51-28)29-19-24(36(58)45-26-7-3-22(4-8-26)16-32(40(64)65)49-42(68)47-30(38(60)61)11-13-34(54)55)18-25(20-29)37(59)46-27-9-5-23(6-10-27)17-33(41(66)67)50-43(69)48-31(39(62)63)12-14-35(56)57/h3-10,18-21,30-33H,1-2,11-17H2,(H,45,58)(H,46,59)(H,54,55)(H,56,57)(H,60,61)(H,62,63)(H,64,65)(H,66,67)(H2,47,49,68)(H2,48,50,69)/t30-,31-,32-,33-/m0/s1. The number of hydrogen-bond acceptors (Lipinski definition) is 12. The van der Waals surface area contributed by atoms with Crippen LogP contribution in [0.2, 0.25) is 0 Å². The third-order valence-electron chi connectivity index (χ3n) is 9.82. The number of carboxylic acid groups (broad SMARTS) is 6. The molecule has 12 N–H and O–H groups in total. The van der Waals surface area contributed by atoms with Crippen LogP contribution in [0.5, 0.6) is 0 Å². The highest BCUT2D eigenvalue weighted by molar-refractivity contribution is 6.09. The molecule has 0 aliphatic rings. The van der Waals surface area contributed by atoms with Crippen LogP contribution in [0.15, 0.2) is 72.9 Å². The fourth-order valence-corrected chi connectivity index (χ4v) is 6.29. The van der Waals surface area contributed by atoms with Gasteiger partial charge in [-0.05, 0) is 79.3 Å². The molecule has 3 aromatic carbocycles. The molecule has 0 unspecified atom stereocenters. The van der Waals surface area contributed by atoms with Gasteiger partial charge in [-0.15, -0.1) is 5.10 Å². The first-order chi connectivity index (χ1) is 32.7. The zero-order valence-corrected chi connectivity index (χ0v) is 36.1. The molecule has 0 spiro atoms. The van der Waals surface area contributed by atoms with Gasteiger partial charge in [-0.1, -0.05) is 29.5 Å². The van der Waals surface area contributed by atoms with Crippen molar-refractivity contribution in [2.24, 2.45) is 0 Å². The number of carboxylic acids is 6. The van der Waals surface area contributed by atoms with Gasteiger partial charge in [0.15, 0.2) is 0 Å². The number of aromatic nitrogens is 3. The van der Waals surface area contributed by atoms with E-state index in [9.17, 15) is 72.8 Å². The molecule has 26 heteroatoms. The number of carbonyl (C=O) groups excluding carboxylic acids is 4. The second kappa shape index (κ2) is 25.1. The highest BCUT2D eigenvalue weighted by Gasteiger charge is 2.27. The Morgan fingerprint density at radius 1 is 0.551 bits per heavy atom. The summed E-state index contributed by atoms with van der Waals surface area (Å²) in [6, 6.07) is 6.97. The minimum absolute atomic E-state index is 0.0464. The summed E-state index contributed by atoms with van der Waals surface area (Å²) in [5.74, 6) is -10.00. The number of anilines is 2. The van der Waals surface area contributed by atoms with E-state index >= 15 is 0 Å². The van der Waals surface area contributed by atoms with Gasteiger partial charge in [0.1, 0.15) is 24.2 Å². The molecule has 0 saturated heterocycles. The number of urea groups is 2. The number of halogens is 1. The quantitative estimate of drug-likeness (QED) is 0.0427. The first-order valence-electron chi connectivity index (χ1n) is 20.6. The number of aliphatic carboxylic acids is 6. The zero-order chi connectivity index (χ0) is 50.8. The smallest absolute Gasteiger partial charge is 0.326 e. The van der Waals surface area contributed by atoms with E-state index in [1.807, 2.05) is 10.6 Å². The van der Waals surface area contributed by atoms with Gasteiger partial charge in [-0.3, -0.25) is 23.6 Å². The number of carbonyl (C=O) groups is 10. The Labute approximate surface area is 389 Å². The van der Waals surface area contributed by atoms with Crippen molar-refractivity contribution in [3.05, 3.63) is 101 Å². The monoisotopic (exact) mass is 963 g/mol. The van der Waals surface area contributed by atoms with Gasteiger partial charge in [0.05, 0.1) is 24.3 Å². The summed E-state index contributed by atoms with van der Waals surface area (Å²) < 4.78 is 14.2. The summed E-state index contributed by atoms with van der Waals surface area (Å²) in [7, 11) is 0. The molecule has 1 heterocycles. The van der Waals surface area contributed by atoms with E-state index in [1.54, 1.807) is 0 Å². The van der Waals surface area contributed by atoms with E-state index < -0.39 is 116 Å². The lowest BCUT2D eigenvalue weighted by atomic mass is 10.0. The molecule has 25 nitrogen and oxygen atoms in total. The average Bonchev–Trinajstić information content (AvgIpc) is 3.77. The maximum atomic E-state index is 13.7. The molecule has 0 fully saturated rings. The van der Waals surface area contributed by atoms with Gasteiger partial charge >= 0.3 is 47.9 Å². The maximum absolute atomic E-state index is 13.7. The van der Waals surface area contributed by atoms with E-state index in [-0.39, 0.29) is 53.9 Å². The van der Waals surface area contributed by atoms with Crippen molar-refractivity contribution in [3.63, 3.8) is 0 Å². The highest BCUT2D eigenvalue weighted by Crippen LogP contribution is 2.20. The molecule has 0 aliphatic carbocycles. The first-order valence-corrected chi connectivity index (χ1v) is 20.6. The van der Waals surface area contributed by atoms with Crippen LogP contribution in [0, 0.1) is 0 Å². The summed E-state index contributed by atoms with van der Waals surface area (Å²) in [6.45, 7) is -0.601. The van der Waals surface area contributed by atoms with E-state index in [1.165, 1.54) is 77.6 Å². The second-order valence-corrected chi connectivity index (χ2v) is 15.1. The summed E-state index contributed by atoms with van der Waals surface area (Å²) in [5.41, 5.74) is 1.72. The Morgan fingerprint density at radius 2 is 0.942 bits per heavy atom. The summed E-state index contributed by atoms with van der Waals surface area (Å²) in [4.78, 5) is 121. The molecule has 366 valence electrons. The molecular weight excluding hydrogens is 918 g/mol. The van der Waals surface area contributed by atoms with Crippen molar-refractivity contribution in [2.45, 2.75) is 75.5 Å². The fourth-order valence-electron chi connectivity index (χ4n) is 6.29. The molecule has 0 saturated carbocycles. The number of nitrogens with zero attached hydrogens (tertiary/aromatic N) is 3. The maximum Gasteiger partial charge on any atom is 0.326 e. The summed E-state index contributed by atoms with van der Waals surface area (Å²) >= 11 is 0. The molecule has 0 radical (unpaired) electrons. The first kappa shape index (κ1) is 52.7. The van der Waals surface area contributed by atoms with Crippen LogP contribution in [0.1, 0.15) is 69.6 Å². The summed E-state index contributed by atoms with van der Waals surface area (Å²) in [5, 5.41) is 77.5. The Morgan fingerprint density at radius 3 is 1.30 bits per heavy atom. The van der Waals surface area contributed by atoms with Crippen molar-refractivity contribution >= 4 is 71.1 Å². The largest absolute Gasteiger partial charge is 0.481 e. The van der Waals surface area contributed by atoms with Crippen molar-refractivity contribution in [1.82, 2.24) is 36.3 Å². The lowest BCUT2D eigenvalue weighted by molar-refractivity contribution is -0.142. The van der Waals surface area contributed by atoms with E-state index in [4.69, 9.17) is 10.2 Å². The van der Waals surface area contributed by atoms with Gasteiger partial charge in [-0.25, -0.2) is 33.4 Å². The minimum atomic E-state index is -1.60. The van der Waals surface area contributed by atoms with Crippen LogP contribution in [0.3, 0.4) is 0 Å². The number of aryl methyl sites for hydroxylation is 1. The lowest BCUT2D eigenvalue weighted by Crippen LogP contribution is -2.51. The average molecular weight is 964 g/mol. The van der Waals surface area contributed by atoms with Crippen LogP contribution in [0.4, 0.5) is 25.4 Å². The number of alkyl halides is 1. The third kappa shape index (κ3) is 17.1. The van der Waals surface area contributed by atoms with Gasteiger partial charge in [0.25, 0.3) is 11.8 Å². The van der Waals surface area contributed by atoms with Crippen molar-refractivity contribution < 1.29 is 83.0 Å². The van der Waals surface area contributed by atoms with E-state index in [2.05, 4.69) is 31.6 Å². The number of nitrogens with one attached hydrogen (secondary N) is 6. The molecular formula is C43H46FN9O16. The lowest BCUT2D eigenvalue weighted by Gasteiger charge is -2.18. The van der Waals surface area contributed by atoms with Crippen LogP contribution < -0.4 is 31.9 Å². The molecule has 1 aromatic heterocycles. The SMILES string of the molecule is O=C(O)CC[C@H](NC(=O)N[C@@H](Cc1ccc(NC(=O)c2cc(C(=O)Nc3ccc(C[C@H](NC(=O)N[C@@H](CCC(=O)O)C(=O)O)C(=O)O)cc3)cc(-n3cc(CCCF)nn3)c2)cc1)C(=O)O)C(=O)O. The highest BCUT2D eigenvalue weighted by atomic mass is 19.1. The number of rotatable bonds is 26. The second-order valence-electron chi connectivity index (χ2n) is 15.1. The molecule has 4 rings (SSSR count). The fraction of sp³-hybridized carbons (Fsp3) is 0.302. The molecule has 4 aromatic rings. The molecule has 69 heavy (non-hydrogen) atoms. The Kier molecular flexibility index (Phi) is 19.1. The molecule has 4 atom stereocenters. The van der Waals surface area contributed by atoms with Gasteiger partial charge < -0.3 is 62.5 Å². The molecule has 0 aliphatic heterocycles. The van der Waals surface area contributed by atoms with Gasteiger partial charge in [-0.2, -0.15) is 0 Å². The number of hydrogen-bond donors (Lipinski definition) is 12. The predicted octanol–water partition coefficient (Wildman–Crippen LogP) is 1.90. The van der Waals surface area contributed by atoms with Crippen molar-refractivity contribution in [1.29, 1.82) is 0 Å². The molecule has 6 amide bonds. The van der Waals surface area contributed by atoms with Crippen LogP contribution in [-0.4, -0.2) is 136 Å². The Balaban J connectivity index is 1.48. The molecule has 0 bridgehead atoms. The van der Waals surface area contributed by atoms with Crippen LogP contribution >= 0.6 is 0 Å². The van der Waals surface area contributed by atoms with E-state index in [0.717, 1.165) is 0 Å². The van der Waals surface area contributed by atoms with Gasteiger partial charge in [0, 0.05) is 48.2 Å². The third-order valence-corrected chi connectivity index (χ3v) is 9.82. The number of amides is 6. The van der Waals surface area contributed by atoms with E-state index in [0.29, 0.717) is 16.8 Å².